The quantitative estimate of drug-likeness (QED) is 0.158. The molecular weight excluding hydrogens is 743 g/mol. The lowest BCUT2D eigenvalue weighted by atomic mass is 9.98. The first-order chi connectivity index (χ1) is 30.2. The Bertz CT molecular complexity index is 3610. The number of pyridine rings is 1. The number of aromatic nitrogens is 5. The van der Waals surface area contributed by atoms with Crippen LogP contribution in [0, 0.1) is 0 Å². The Kier molecular flexibility index (Phi) is 8.10. The van der Waals surface area contributed by atoms with Gasteiger partial charge in [-0.3, -0.25) is 0 Å². The Balaban J connectivity index is 1.00. The van der Waals surface area contributed by atoms with Gasteiger partial charge >= 0.3 is 0 Å². The van der Waals surface area contributed by atoms with Crippen molar-refractivity contribution in [1.29, 1.82) is 0 Å². The zero-order valence-corrected chi connectivity index (χ0v) is 32.9. The third-order valence-corrected chi connectivity index (χ3v) is 11.8. The van der Waals surface area contributed by atoms with Gasteiger partial charge in [0.05, 0.1) is 22.2 Å². The largest absolute Gasteiger partial charge is 0.309 e. The molecule has 12 rings (SSSR count). The van der Waals surface area contributed by atoms with Gasteiger partial charge < -0.3 is 4.57 Å². The summed E-state index contributed by atoms with van der Waals surface area (Å²) in [5.41, 5.74) is 11.5. The predicted molar refractivity (Wildman–Crippen MR) is 252 cm³/mol. The van der Waals surface area contributed by atoms with Crippen LogP contribution in [0.15, 0.2) is 212 Å². The van der Waals surface area contributed by atoms with Gasteiger partial charge in [-0.05, 0) is 57.6 Å². The summed E-state index contributed by atoms with van der Waals surface area (Å²) in [4.78, 5) is 20.5. The van der Waals surface area contributed by atoms with E-state index in [1.807, 2.05) is 30.3 Å². The molecule has 0 atom stereocenters. The van der Waals surface area contributed by atoms with E-state index in [0.29, 0.717) is 17.5 Å². The van der Waals surface area contributed by atoms with E-state index in [0.717, 1.165) is 82.9 Å². The number of nitrogens with zero attached hydrogens (tertiary/aromatic N) is 5. The normalized spacial score (nSPS) is 11.6. The van der Waals surface area contributed by atoms with Crippen molar-refractivity contribution < 1.29 is 0 Å². The molecule has 5 nitrogen and oxygen atoms in total. The van der Waals surface area contributed by atoms with Crippen LogP contribution in [0.1, 0.15) is 0 Å². The van der Waals surface area contributed by atoms with Gasteiger partial charge in [0, 0.05) is 49.5 Å². The minimum absolute atomic E-state index is 0.631. The van der Waals surface area contributed by atoms with E-state index in [9.17, 15) is 0 Å². The highest BCUT2D eigenvalue weighted by Gasteiger charge is 2.19. The lowest BCUT2D eigenvalue weighted by Gasteiger charge is -2.12. The van der Waals surface area contributed by atoms with E-state index in [1.54, 1.807) is 0 Å². The fourth-order valence-electron chi connectivity index (χ4n) is 8.89. The van der Waals surface area contributed by atoms with E-state index in [2.05, 4.69) is 187 Å². The molecule has 0 saturated heterocycles. The first kappa shape index (κ1) is 34.7. The van der Waals surface area contributed by atoms with Crippen molar-refractivity contribution in [3.8, 4) is 62.2 Å². The molecule has 3 heterocycles. The van der Waals surface area contributed by atoms with Crippen molar-refractivity contribution in [3.05, 3.63) is 212 Å². The molecule has 0 aliphatic carbocycles. The maximum absolute atomic E-state index is 5.35. The highest BCUT2D eigenvalue weighted by atomic mass is 15.0. The summed E-state index contributed by atoms with van der Waals surface area (Å²) in [6, 6.07) is 74.6. The van der Waals surface area contributed by atoms with Crippen LogP contribution in [0.4, 0.5) is 0 Å². The molecule has 0 amide bonds. The van der Waals surface area contributed by atoms with Crippen molar-refractivity contribution in [3.63, 3.8) is 0 Å². The van der Waals surface area contributed by atoms with Gasteiger partial charge in [-0.1, -0.05) is 182 Å². The molecule has 9 aromatic carbocycles. The Morgan fingerprint density at radius 3 is 1.61 bits per heavy atom. The molecule has 61 heavy (non-hydrogen) atoms. The van der Waals surface area contributed by atoms with E-state index < -0.39 is 0 Å². The van der Waals surface area contributed by atoms with Crippen molar-refractivity contribution in [1.82, 2.24) is 24.5 Å². The first-order valence-electron chi connectivity index (χ1n) is 20.6. The van der Waals surface area contributed by atoms with Gasteiger partial charge in [0.2, 0.25) is 0 Å². The maximum Gasteiger partial charge on any atom is 0.164 e. The van der Waals surface area contributed by atoms with Gasteiger partial charge in [-0.2, -0.15) is 0 Å². The SMILES string of the molecule is c1ccc(-c2nc(-c3ccc(-c4ccc5c6cc7nc(-c8ccccc8)c8ccccc8c7cc6n(-c6ccccc6)c5c4)cc3)nc(-c3cccc4ccccc34)n2)cc1. The summed E-state index contributed by atoms with van der Waals surface area (Å²) in [7, 11) is 0. The lowest BCUT2D eigenvalue weighted by molar-refractivity contribution is 1.08. The number of benzene rings is 9. The zero-order valence-electron chi connectivity index (χ0n) is 32.9. The molecule has 0 aliphatic rings. The summed E-state index contributed by atoms with van der Waals surface area (Å²) < 4.78 is 2.40. The van der Waals surface area contributed by atoms with E-state index in [-0.39, 0.29) is 0 Å². The smallest absolute Gasteiger partial charge is 0.164 e. The molecule has 0 radical (unpaired) electrons. The van der Waals surface area contributed by atoms with Crippen LogP contribution in [0.5, 0.6) is 0 Å². The minimum Gasteiger partial charge on any atom is -0.309 e. The van der Waals surface area contributed by atoms with Gasteiger partial charge in [0.25, 0.3) is 0 Å². The Labute approximate surface area is 351 Å². The van der Waals surface area contributed by atoms with Gasteiger partial charge in [-0.15, -0.1) is 0 Å². The molecule has 0 bridgehead atoms. The Morgan fingerprint density at radius 1 is 0.295 bits per heavy atom. The predicted octanol–water partition coefficient (Wildman–Crippen LogP) is 14.2. The van der Waals surface area contributed by atoms with Crippen LogP contribution in [0.2, 0.25) is 0 Å². The third-order valence-electron chi connectivity index (χ3n) is 11.8. The van der Waals surface area contributed by atoms with Gasteiger partial charge in [0.15, 0.2) is 17.5 Å². The highest BCUT2D eigenvalue weighted by molar-refractivity contribution is 6.19. The molecule has 0 saturated carbocycles. The molecule has 12 aromatic rings. The molecule has 5 heteroatoms. The molecule has 0 fully saturated rings. The lowest BCUT2D eigenvalue weighted by Crippen LogP contribution is -2.00. The third kappa shape index (κ3) is 5.94. The summed E-state index contributed by atoms with van der Waals surface area (Å²) in [5.74, 6) is 1.92. The molecule has 0 spiro atoms. The molecule has 0 aliphatic heterocycles. The maximum atomic E-state index is 5.35. The Hall–Kier alpha value is -8.28. The molecule has 0 unspecified atom stereocenters. The number of para-hydroxylation sites is 1. The van der Waals surface area contributed by atoms with Crippen LogP contribution >= 0.6 is 0 Å². The second kappa shape index (κ2) is 14.2. The molecule has 3 aromatic heterocycles. The van der Waals surface area contributed by atoms with E-state index in [1.165, 1.54) is 16.2 Å². The monoisotopic (exact) mass is 777 g/mol. The second-order valence-corrected chi connectivity index (χ2v) is 15.4. The summed E-state index contributed by atoms with van der Waals surface area (Å²) in [5, 5.41) is 8.07. The van der Waals surface area contributed by atoms with E-state index >= 15 is 0 Å². The average molecular weight is 778 g/mol. The van der Waals surface area contributed by atoms with Crippen molar-refractivity contribution in [2.45, 2.75) is 0 Å². The fourth-order valence-corrected chi connectivity index (χ4v) is 8.89. The van der Waals surface area contributed by atoms with Crippen LogP contribution in [-0.4, -0.2) is 24.5 Å². The summed E-state index contributed by atoms with van der Waals surface area (Å²) >= 11 is 0. The average Bonchev–Trinajstić information content (AvgIpc) is 3.66. The minimum atomic E-state index is 0.631. The standard InChI is InChI=1S/C56H35N5/c1-4-16-38(17-5-1)53-46-25-13-12-24-44(46)48-35-52-49(34-50(48)57-53)45-32-31-41(33-51(45)61(52)42-21-8-3-9-22-42)36-27-29-40(30-28-36)55-58-54(39-18-6-2-7-19-39)59-56(60-55)47-26-14-20-37-15-10-11-23-43(37)47/h1-35H. The van der Waals surface area contributed by atoms with Gasteiger partial charge in [-0.25, -0.2) is 19.9 Å². The fraction of sp³-hybridized carbons (Fsp3) is 0. The zero-order chi connectivity index (χ0) is 40.3. The molecule has 0 N–H and O–H groups in total. The van der Waals surface area contributed by atoms with Crippen LogP contribution in [-0.2, 0) is 0 Å². The summed E-state index contributed by atoms with van der Waals surface area (Å²) in [6.07, 6.45) is 0. The summed E-state index contributed by atoms with van der Waals surface area (Å²) in [6.45, 7) is 0. The number of hydrogen-bond donors (Lipinski definition) is 0. The van der Waals surface area contributed by atoms with Crippen LogP contribution in [0.3, 0.4) is 0 Å². The molecular formula is C56H35N5. The molecule has 284 valence electrons. The van der Waals surface area contributed by atoms with Crippen molar-refractivity contribution in [2.75, 3.05) is 0 Å². The van der Waals surface area contributed by atoms with Crippen molar-refractivity contribution in [2.24, 2.45) is 0 Å². The number of rotatable bonds is 6. The van der Waals surface area contributed by atoms with Crippen LogP contribution < -0.4 is 0 Å². The van der Waals surface area contributed by atoms with E-state index in [4.69, 9.17) is 19.9 Å². The number of hydrogen-bond acceptors (Lipinski definition) is 4. The van der Waals surface area contributed by atoms with Gasteiger partial charge in [0.1, 0.15) is 0 Å². The van der Waals surface area contributed by atoms with Crippen LogP contribution in [0.25, 0.3) is 116 Å². The van der Waals surface area contributed by atoms with Crippen molar-refractivity contribution >= 4 is 54.3 Å². The number of fused-ring (bicyclic) bond motifs is 7. The Morgan fingerprint density at radius 2 is 0.852 bits per heavy atom. The second-order valence-electron chi connectivity index (χ2n) is 15.4. The topological polar surface area (TPSA) is 56.5 Å². The highest BCUT2D eigenvalue weighted by Crippen LogP contribution is 2.40. The first-order valence-corrected chi connectivity index (χ1v) is 20.6.